The first-order valence-electron chi connectivity index (χ1n) is 11.1. The number of nitrogens with one attached hydrogen (secondary N) is 3. The minimum absolute atomic E-state index is 0.0647. The number of benzene rings is 2. The maximum absolute atomic E-state index is 12.6. The fourth-order valence-corrected chi connectivity index (χ4v) is 4.15. The zero-order valence-corrected chi connectivity index (χ0v) is 18.7. The molecule has 0 fully saturated rings. The highest BCUT2D eigenvalue weighted by Crippen LogP contribution is 2.44. The van der Waals surface area contributed by atoms with Crippen molar-refractivity contribution in [3.63, 3.8) is 0 Å². The van der Waals surface area contributed by atoms with E-state index < -0.39 is 30.4 Å². The van der Waals surface area contributed by atoms with Gasteiger partial charge in [0.1, 0.15) is 18.5 Å². The summed E-state index contributed by atoms with van der Waals surface area (Å²) >= 11 is 0. The molecule has 34 heavy (non-hydrogen) atoms. The van der Waals surface area contributed by atoms with Crippen LogP contribution in [0.4, 0.5) is 4.79 Å². The molecular formula is C25H26N4O5. The van der Waals surface area contributed by atoms with E-state index >= 15 is 0 Å². The van der Waals surface area contributed by atoms with E-state index in [9.17, 15) is 19.5 Å². The van der Waals surface area contributed by atoms with Gasteiger partial charge in [-0.05, 0) is 22.3 Å². The molecule has 1 aliphatic rings. The van der Waals surface area contributed by atoms with Crippen LogP contribution in [0, 0.1) is 0 Å². The van der Waals surface area contributed by atoms with Crippen molar-refractivity contribution in [2.75, 3.05) is 6.61 Å². The van der Waals surface area contributed by atoms with Crippen molar-refractivity contribution in [2.45, 2.75) is 38.3 Å². The van der Waals surface area contributed by atoms with Crippen LogP contribution in [0.5, 0.6) is 0 Å². The molecule has 2 aromatic carbocycles. The number of alkyl carbamates (subject to hydrolysis) is 1. The number of aromatic nitrogens is 2. The summed E-state index contributed by atoms with van der Waals surface area (Å²) in [5.74, 6) is -1.20. The van der Waals surface area contributed by atoms with Crippen LogP contribution in [0.25, 0.3) is 11.1 Å². The van der Waals surface area contributed by atoms with Gasteiger partial charge in [-0.15, -0.1) is 0 Å². The van der Waals surface area contributed by atoms with Crippen LogP contribution in [-0.2, 0) is 27.3 Å². The Balaban J connectivity index is 1.37. The molecule has 1 atom stereocenters. The molecule has 1 aromatic heterocycles. The van der Waals surface area contributed by atoms with Gasteiger partial charge in [-0.25, -0.2) is 9.78 Å². The highest BCUT2D eigenvalue weighted by atomic mass is 16.5. The van der Waals surface area contributed by atoms with Gasteiger partial charge in [0.15, 0.2) is 0 Å². The van der Waals surface area contributed by atoms with Gasteiger partial charge in [0.25, 0.3) is 0 Å². The normalized spacial score (nSPS) is 13.0. The minimum atomic E-state index is -1.28. The lowest BCUT2D eigenvalue weighted by molar-refractivity contribution is -0.139. The van der Waals surface area contributed by atoms with E-state index in [1.807, 2.05) is 55.5 Å². The molecule has 4 rings (SSSR count). The van der Waals surface area contributed by atoms with Gasteiger partial charge in [-0.2, -0.15) is 0 Å². The van der Waals surface area contributed by atoms with E-state index in [4.69, 9.17) is 4.74 Å². The molecule has 0 bridgehead atoms. The lowest BCUT2D eigenvalue weighted by Crippen LogP contribution is -2.48. The molecule has 1 aliphatic carbocycles. The van der Waals surface area contributed by atoms with Gasteiger partial charge in [0.2, 0.25) is 5.91 Å². The minimum Gasteiger partial charge on any atom is -0.481 e. The molecule has 3 aromatic rings. The van der Waals surface area contributed by atoms with Crippen LogP contribution in [0.3, 0.4) is 0 Å². The van der Waals surface area contributed by atoms with E-state index in [1.165, 1.54) is 0 Å². The first kappa shape index (κ1) is 23.0. The summed E-state index contributed by atoms with van der Waals surface area (Å²) < 4.78 is 5.44. The van der Waals surface area contributed by atoms with Gasteiger partial charge in [-0.3, -0.25) is 9.59 Å². The number of imidazole rings is 1. The van der Waals surface area contributed by atoms with Gasteiger partial charge in [0, 0.05) is 12.3 Å². The number of fused-ring (bicyclic) bond motifs is 3. The predicted octanol–water partition coefficient (Wildman–Crippen LogP) is 2.97. The fraction of sp³-hybridized carbons (Fsp3) is 0.280. The van der Waals surface area contributed by atoms with Crippen molar-refractivity contribution in [2.24, 2.45) is 0 Å². The predicted molar refractivity (Wildman–Crippen MR) is 124 cm³/mol. The van der Waals surface area contributed by atoms with Gasteiger partial charge in [-0.1, -0.05) is 55.5 Å². The quantitative estimate of drug-likeness (QED) is 0.386. The zero-order valence-electron chi connectivity index (χ0n) is 18.7. The number of carbonyl (C=O) groups excluding carboxylic acids is 2. The summed E-state index contributed by atoms with van der Waals surface area (Å²) in [5.41, 5.74) is 4.99. The van der Waals surface area contributed by atoms with Gasteiger partial charge in [0.05, 0.1) is 24.9 Å². The van der Waals surface area contributed by atoms with Crippen molar-refractivity contribution in [1.82, 2.24) is 20.6 Å². The summed E-state index contributed by atoms with van der Waals surface area (Å²) in [7, 11) is 0. The highest BCUT2D eigenvalue weighted by Gasteiger charge is 2.30. The Morgan fingerprint density at radius 3 is 2.32 bits per heavy atom. The standard InChI is InChI=1S/C25H26N4O5/c1-2-22-26-12-15(28-22)13-27-24(32)21(11-23(30)31)29-25(33)34-14-20-18-9-5-3-7-16(18)17-8-4-6-10-19(17)20/h3-10,12,20-21H,2,11,13-14H2,1H3,(H,26,28)(H,27,32)(H,29,33)(H,30,31). The molecule has 0 spiro atoms. The average molecular weight is 463 g/mol. The summed E-state index contributed by atoms with van der Waals surface area (Å²) in [6, 6.07) is 14.6. The van der Waals surface area contributed by atoms with E-state index in [-0.39, 0.29) is 19.1 Å². The van der Waals surface area contributed by atoms with Crippen LogP contribution in [0.2, 0.25) is 0 Å². The molecule has 1 unspecified atom stereocenters. The second-order valence-electron chi connectivity index (χ2n) is 8.05. The second kappa shape index (κ2) is 10.2. The molecule has 1 heterocycles. The van der Waals surface area contributed by atoms with Crippen molar-refractivity contribution >= 4 is 18.0 Å². The molecule has 2 amide bonds. The number of nitrogens with zero attached hydrogens (tertiary/aromatic N) is 1. The van der Waals surface area contributed by atoms with Gasteiger partial charge < -0.3 is 25.5 Å². The van der Waals surface area contributed by atoms with Crippen LogP contribution < -0.4 is 10.6 Å². The Hall–Kier alpha value is -4.14. The summed E-state index contributed by atoms with van der Waals surface area (Å²) in [6.07, 6.45) is 0.903. The number of hydrogen-bond donors (Lipinski definition) is 4. The average Bonchev–Trinajstić information content (AvgIpc) is 3.43. The molecule has 0 radical (unpaired) electrons. The van der Waals surface area contributed by atoms with Crippen LogP contribution in [0.1, 0.15) is 41.9 Å². The van der Waals surface area contributed by atoms with Crippen molar-refractivity contribution in [3.05, 3.63) is 77.4 Å². The monoisotopic (exact) mass is 462 g/mol. The molecule has 4 N–H and O–H groups in total. The number of hydrogen-bond acceptors (Lipinski definition) is 5. The topological polar surface area (TPSA) is 133 Å². The van der Waals surface area contributed by atoms with Crippen LogP contribution in [0.15, 0.2) is 54.7 Å². The molecule has 0 saturated carbocycles. The molecular weight excluding hydrogens is 436 g/mol. The van der Waals surface area contributed by atoms with Crippen molar-refractivity contribution in [1.29, 1.82) is 0 Å². The Morgan fingerprint density at radius 1 is 1.09 bits per heavy atom. The number of aryl methyl sites for hydroxylation is 1. The Morgan fingerprint density at radius 2 is 1.74 bits per heavy atom. The molecule has 9 nitrogen and oxygen atoms in total. The summed E-state index contributed by atoms with van der Waals surface area (Å²) in [5, 5.41) is 14.2. The number of carboxylic acid groups (broad SMARTS) is 1. The lowest BCUT2D eigenvalue weighted by atomic mass is 9.98. The third-order valence-corrected chi connectivity index (χ3v) is 5.80. The van der Waals surface area contributed by atoms with Gasteiger partial charge >= 0.3 is 12.1 Å². The van der Waals surface area contributed by atoms with E-state index in [0.29, 0.717) is 5.69 Å². The highest BCUT2D eigenvalue weighted by molar-refractivity contribution is 5.89. The first-order chi connectivity index (χ1) is 16.5. The van der Waals surface area contributed by atoms with Crippen LogP contribution >= 0.6 is 0 Å². The molecule has 176 valence electrons. The maximum Gasteiger partial charge on any atom is 0.407 e. The second-order valence-corrected chi connectivity index (χ2v) is 8.05. The van der Waals surface area contributed by atoms with Crippen molar-refractivity contribution < 1.29 is 24.2 Å². The van der Waals surface area contributed by atoms with E-state index in [1.54, 1.807) is 6.20 Å². The Bertz CT molecular complexity index is 1160. The Labute approximate surface area is 196 Å². The number of H-pyrrole nitrogens is 1. The van der Waals surface area contributed by atoms with Crippen LogP contribution in [-0.4, -0.2) is 45.7 Å². The number of carbonyl (C=O) groups is 3. The zero-order chi connectivity index (χ0) is 24.1. The smallest absolute Gasteiger partial charge is 0.407 e. The summed E-state index contributed by atoms with van der Waals surface area (Å²) in [6.45, 7) is 2.14. The number of aliphatic carboxylic acids is 1. The fourth-order valence-electron chi connectivity index (χ4n) is 4.15. The third-order valence-electron chi connectivity index (χ3n) is 5.80. The maximum atomic E-state index is 12.6. The number of carboxylic acids is 1. The lowest BCUT2D eigenvalue weighted by Gasteiger charge is -2.18. The SMILES string of the molecule is CCc1ncc(CNC(=O)C(CC(=O)O)NC(=O)OCC2c3ccccc3-c3ccccc32)[nH]1. The first-order valence-corrected chi connectivity index (χ1v) is 11.1. The molecule has 9 heteroatoms. The summed E-state index contributed by atoms with van der Waals surface area (Å²) in [4.78, 5) is 43.6. The molecule has 0 aliphatic heterocycles. The largest absolute Gasteiger partial charge is 0.481 e. The van der Waals surface area contributed by atoms with E-state index in [0.717, 1.165) is 34.5 Å². The number of rotatable bonds is 9. The number of amides is 2. The Kier molecular flexibility index (Phi) is 6.91. The van der Waals surface area contributed by atoms with E-state index in [2.05, 4.69) is 20.6 Å². The van der Waals surface area contributed by atoms with Crippen molar-refractivity contribution in [3.8, 4) is 11.1 Å². The third kappa shape index (κ3) is 5.09. The number of aromatic amines is 1. The molecule has 0 saturated heterocycles. The number of ether oxygens (including phenoxy) is 1.